The lowest BCUT2D eigenvalue weighted by molar-refractivity contribution is 0.102. The Morgan fingerprint density at radius 3 is 2.51 bits per heavy atom. The third-order valence-electron chi connectivity index (χ3n) is 5.43. The number of nitrogens with zero attached hydrogens (tertiary/aromatic N) is 4. The van der Waals surface area contributed by atoms with Gasteiger partial charge in [-0.25, -0.2) is 18.7 Å². The molecule has 184 valence electrons. The Bertz CT molecular complexity index is 1720. The summed E-state index contributed by atoms with van der Waals surface area (Å²) in [6.07, 6.45) is 4.10. The van der Waals surface area contributed by atoms with Crippen LogP contribution in [0.2, 0.25) is 5.15 Å². The van der Waals surface area contributed by atoms with Crippen molar-refractivity contribution in [1.82, 2.24) is 19.5 Å². The predicted molar refractivity (Wildman–Crippen MR) is 134 cm³/mol. The van der Waals surface area contributed by atoms with E-state index in [4.69, 9.17) is 16.3 Å². The average Bonchev–Trinajstić information content (AvgIpc) is 2.87. The lowest BCUT2D eigenvalue weighted by Gasteiger charge is -2.12. The number of aromatic nitrogens is 4. The van der Waals surface area contributed by atoms with Gasteiger partial charge in [0.25, 0.3) is 11.5 Å². The van der Waals surface area contributed by atoms with E-state index in [1.54, 1.807) is 19.1 Å². The molecule has 0 aliphatic carbocycles. The van der Waals surface area contributed by atoms with Gasteiger partial charge < -0.3 is 10.1 Å². The molecule has 0 aliphatic heterocycles. The molecule has 0 saturated carbocycles. The first-order valence-corrected chi connectivity index (χ1v) is 11.2. The normalized spacial score (nSPS) is 10.9. The summed E-state index contributed by atoms with van der Waals surface area (Å²) in [5, 5.41) is 3.27. The van der Waals surface area contributed by atoms with Gasteiger partial charge >= 0.3 is 0 Å². The fourth-order valence-electron chi connectivity index (χ4n) is 3.65. The molecule has 0 bridgehead atoms. The van der Waals surface area contributed by atoms with Crippen LogP contribution < -0.4 is 15.6 Å². The number of halogens is 3. The van der Waals surface area contributed by atoms with Gasteiger partial charge in [-0.1, -0.05) is 11.6 Å². The number of amides is 1. The number of rotatable bonds is 5. The molecule has 0 spiro atoms. The molecule has 2 aromatic carbocycles. The number of carbonyl (C=O) groups is 1. The molecule has 5 rings (SSSR count). The van der Waals surface area contributed by atoms with E-state index in [9.17, 15) is 18.4 Å². The number of fused-ring (bicyclic) bond motifs is 1. The minimum absolute atomic E-state index is 0.0926. The summed E-state index contributed by atoms with van der Waals surface area (Å²) in [6.45, 7) is 1.58. The summed E-state index contributed by atoms with van der Waals surface area (Å²) < 4.78 is 35.1. The number of anilines is 1. The number of carbonyl (C=O) groups excluding carboxylic acids is 1. The Labute approximate surface area is 213 Å². The van der Waals surface area contributed by atoms with Crippen LogP contribution in [0.25, 0.3) is 16.6 Å². The molecule has 1 N–H and O–H groups in total. The lowest BCUT2D eigenvalue weighted by Crippen LogP contribution is -2.30. The minimum atomic E-state index is -0.788. The van der Waals surface area contributed by atoms with Gasteiger partial charge in [0.05, 0.1) is 17.4 Å². The van der Waals surface area contributed by atoms with Crippen molar-refractivity contribution in [2.75, 3.05) is 5.32 Å². The van der Waals surface area contributed by atoms with Crippen LogP contribution in [0.1, 0.15) is 16.2 Å². The second kappa shape index (κ2) is 9.75. The largest absolute Gasteiger partial charge is 0.454 e. The maximum absolute atomic E-state index is 14.9. The molecule has 0 atom stereocenters. The van der Waals surface area contributed by atoms with E-state index in [1.807, 2.05) is 0 Å². The fourth-order valence-corrected chi connectivity index (χ4v) is 3.81. The Morgan fingerprint density at radius 2 is 1.76 bits per heavy atom. The summed E-state index contributed by atoms with van der Waals surface area (Å²) in [4.78, 5) is 38.1. The van der Waals surface area contributed by atoms with Gasteiger partial charge in [0.15, 0.2) is 11.6 Å². The zero-order chi connectivity index (χ0) is 26.1. The Kier molecular flexibility index (Phi) is 6.33. The molecule has 1 amide bonds. The highest BCUT2D eigenvalue weighted by Crippen LogP contribution is 2.32. The summed E-state index contributed by atoms with van der Waals surface area (Å²) in [6, 6.07) is 12.1. The lowest BCUT2D eigenvalue weighted by atomic mass is 10.2. The van der Waals surface area contributed by atoms with Crippen molar-refractivity contribution >= 4 is 34.1 Å². The van der Waals surface area contributed by atoms with Crippen LogP contribution in [-0.4, -0.2) is 25.4 Å². The highest BCUT2D eigenvalue weighted by atomic mass is 35.5. The fraction of sp³-hybridized carbons (Fsp3) is 0.0385. The molecule has 11 heteroatoms. The standard InChI is InChI=1S/C26H16ClF2N5O3/c1-14-31-12-19(26(36)34(14)17-5-2-15(28)3-6-17)25(35)33-16-4-7-23(20(29)10-16)37-22-8-9-30-21-13-32-24(27)11-18(21)22/h2-13H,1H3,(H,33,35). The van der Waals surface area contributed by atoms with E-state index in [1.165, 1.54) is 53.4 Å². The van der Waals surface area contributed by atoms with Gasteiger partial charge in [-0.15, -0.1) is 0 Å². The van der Waals surface area contributed by atoms with Crippen LogP contribution in [0.5, 0.6) is 11.5 Å². The zero-order valence-corrected chi connectivity index (χ0v) is 19.8. The Balaban J connectivity index is 1.40. The third kappa shape index (κ3) is 4.87. The molecular formula is C26H16ClF2N5O3. The number of hydrogen-bond donors (Lipinski definition) is 1. The second-order valence-electron chi connectivity index (χ2n) is 7.87. The summed E-state index contributed by atoms with van der Waals surface area (Å²) in [5.74, 6) is -1.49. The van der Waals surface area contributed by atoms with Gasteiger partial charge in [0.2, 0.25) is 0 Å². The molecular weight excluding hydrogens is 504 g/mol. The molecule has 0 radical (unpaired) electrons. The van der Waals surface area contributed by atoms with E-state index in [0.717, 1.165) is 12.3 Å². The predicted octanol–water partition coefficient (Wildman–Crippen LogP) is 5.46. The molecule has 0 unspecified atom stereocenters. The topological polar surface area (TPSA) is 99.0 Å². The van der Waals surface area contributed by atoms with Crippen molar-refractivity contribution in [3.05, 3.63) is 112 Å². The molecule has 0 aliphatic rings. The van der Waals surface area contributed by atoms with E-state index in [-0.39, 0.29) is 22.2 Å². The first-order chi connectivity index (χ1) is 17.8. The number of ether oxygens (including phenoxy) is 1. The monoisotopic (exact) mass is 519 g/mol. The summed E-state index contributed by atoms with van der Waals surface area (Å²) in [5.41, 5.74) is 0.0256. The van der Waals surface area contributed by atoms with Gasteiger partial charge in [-0.3, -0.25) is 19.1 Å². The SMILES string of the molecule is Cc1ncc(C(=O)Nc2ccc(Oc3ccnc4cnc(Cl)cc34)c(F)c2)c(=O)n1-c1ccc(F)cc1. The molecule has 3 aromatic heterocycles. The van der Waals surface area contributed by atoms with Gasteiger partial charge in [0, 0.05) is 29.5 Å². The van der Waals surface area contributed by atoms with Crippen LogP contribution in [-0.2, 0) is 0 Å². The van der Waals surface area contributed by atoms with Crippen molar-refractivity contribution < 1.29 is 18.3 Å². The van der Waals surface area contributed by atoms with Gasteiger partial charge in [0.1, 0.15) is 28.1 Å². The average molecular weight is 520 g/mol. The first-order valence-electron chi connectivity index (χ1n) is 10.8. The van der Waals surface area contributed by atoms with Crippen LogP contribution in [0.3, 0.4) is 0 Å². The second-order valence-corrected chi connectivity index (χ2v) is 8.26. The Morgan fingerprint density at radius 1 is 0.973 bits per heavy atom. The number of nitrogens with one attached hydrogen (secondary N) is 1. The van der Waals surface area contributed by atoms with Crippen LogP contribution in [0.15, 0.2) is 78.0 Å². The first kappa shape index (κ1) is 24.0. The van der Waals surface area contributed by atoms with Crippen LogP contribution in [0.4, 0.5) is 14.5 Å². The molecule has 37 heavy (non-hydrogen) atoms. The molecule has 3 heterocycles. The number of aryl methyl sites for hydroxylation is 1. The van der Waals surface area contributed by atoms with Crippen molar-refractivity contribution in [1.29, 1.82) is 0 Å². The molecule has 8 nitrogen and oxygen atoms in total. The van der Waals surface area contributed by atoms with E-state index in [2.05, 4.69) is 20.3 Å². The van der Waals surface area contributed by atoms with E-state index in [0.29, 0.717) is 28.2 Å². The number of hydrogen-bond acceptors (Lipinski definition) is 6. The smallest absolute Gasteiger partial charge is 0.270 e. The maximum atomic E-state index is 14.9. The van der Waals surface area contributed by atoms with Crippen LogP contribution in [0, 0.1) is 18.6 Å². The molecule has 5 aromatic rings. The van der Waals surface area contributed by atoms with Crippen molar-refractivity contribution in [3.8, 4) is 17.2 Å². The third-order valence-corrected chi connectivity index (χ3v) is 5.64. The van der Waals surface area contributed by atoms with Crippen molar-refractivity contribution in [3.63, 3.8) is 0 Å². The van der Waals surface area contributed by atoms with E-state index >= 15 is 0 Å². The van der Waals surface area contributed by atoms with E-state index < -0.39 is 23.1 Å². The molecule has 0 saturated heterocycles. The summed E-state index contributed by atoms with van der Waals surface area (Å²) in [7, 11) is 0. The highest BCUT2D eigenvalue weighted by molar-refractivity contribution is 6.30. The van der Waals surface area contributed by atoms with Gasteiger partial charge in [-0.2, -0.15) is 0 Å². The van der Waals surface area contributed by atoms with Crippen molar-refractivity contribution in [2.24, 2.45) is 0 Å². The zero-order valence-electron chi connectivity index (χ0n) is 19.1. The number of pyridine rings is 2. The Hall–Kier alpha value is -4.70. The summed E-state index contributed by atoms with van der Waals surface area (Å²) >= 11 is 5.96. The highest BCUT2D eigenvalue weighted by Gasteiger charge is 2.17. The molecule has 0 fully saturated rings. The van der Waals surface area contributed by atoms with Gasteiger partial charge in [-0.05, 0) is 55.5 Å². The maximum Gasteiger partial charge on any atom is 0.270 e. The quantitative estimate of drug-likeness (QED) is 0.310. The van der Waals surface area contributed by atoms with Crippen LogP contribution >= 0.6 is 11.6 Å². The number of benzene rings is 2. The van der Waals surface area contributed by atoms with Crippen molar-refractivity contribution in [2.45, 2.75) is 6.92 Å². The minimum Gasteiger partial charge on any atom is -0.454 e.